The molecule has 2 atom stereocenters. The largest absolute Gasteiger partial charge is 2.00 e. The van der Waals surface area contributed by atoms with Gasteiger partial charge in [-0.15, -0.1) is 0 Å². The number of rotatable bonds is 6. The van der Waals surface area contributed by atoms with E-state index in [1.807, 2.05) is 0 Å². The van der Waals surface area contributed by atoms with Crippen LogP contribution in [0.15, 0.2) is 0 Å². The first-order chi connectivity index (χ1) is 8.07. The Morgan fingerprint density at radius 2 is 1.24 bits per heavy atom. The summed E-state index contributed by atoms with van der Waals surface area (Å²) in [5.41, 5.74) is 0. The molecule has 0 aromatic rings. The Labute approximate surface area is 147 Å². The first-order valence-corrected chi connectivity index (χ1v) is 4.29. The monoisotopic (exact) mass is 342 g/mol. The van der Waals surface area contributed by atoms with Crippen LogP contribution in [0.5, 0.6) is 0 Å². The van der Waals surface area contributed by atoms with Crippen LogP contribution in [-0.2, 0) is 19.2 Å². The Hall–Kier alpha value is -1.02. The third-order valence-corrected chi connectivity index (χ3v) is 1.29. The maximum absolute atomic E-state index is 9.69. The third-order valence-electron chi connectivity index (χ3n) is 1.29. The summed E-state index contributed by atoms with van der Waals surface area (Å²) >= 11 is 0. The van der Waals surface area contributed by atoms with Gasteiger partial charge < -0.3 is 51.2 Å². The molecular weight excluding hydrogens is 328 g/mol. The van der Waals surface area contributed by atoms with Crippen LogP contribution in [0, 0.1) is 0 Å². The van der Waals surface area contributed by atoms with Crippen molar-refractivity contribution in [1.29, 1.82) is 0 Å². The van der Waals surface area contributed by atoms with Crippen LogP contribution in [0.4, 0.5) is 0 Å². The molecule has 13 heteroatoms. The molecule has 120 valence electrons. The third kappa shape index (κ3) is 24.4. The summed E-state index contributed by atoms with van der Waals surface area (Å²) < 4.78 is 0. The van der Waals surface area contributed by atoms with Gasteiger partial charge in [-0.1, -0.05) is 0 Å². The van der Waals surface area contributed by atoms with Crippen molar-refractivity contribution in [2.75, 3.05) is 0 Å². The minimum Gasteiger partial charge on any atom is -0.550 e. The Bertz CT molecular complexity index is 297. The van der Waals surface area contributed by atoms with E-state index in [9.17, 15) is 29.4 Å². The zero-order valence-corrected chi connectivity index (χ0v) is 12.7. The average Bonchev–Trinajstić information content (AvgIpc) is 2.16. The number of carboxylic acid groups (broad SMARTS) is 4. The summed E-state index contributed by atoms with van der Waals surface area (Å²) in [6.07, 6.45) is -5.44. The van der Waals surface area contributed by atoms with Gasteiger partial charge in [-0.05, 0) is 0 Å². The second kappa shape index (κ2) is 17.0. The van der Waals surface area contributed by atoms with Crippen LogP contribution in [0.3, 0.4) is 0 Å². The number of hydrogen-bond donors (Lipinski definition) is 4. The average molecular weight is 342 g/mol. The topological polar surface area (TPSA) is 258 Å². The smallest absolute Gasteiger partial charge is 0.550 e. The summed E-state index contributed by atoms with van der Waals surface area (Å²) in [6, 6.07) is 0. The van der Waals surface area contributed by atoms with E-state index in [0.717, 1.165) is 0 Å². The van der Waals surface area contributed by atoms with E-state index in [-0.39, 0.29) is 48.7 Å². The summed E-state index contributed by atoms with van der Waals surface area (Å²) in [5, 5.41) is 51.5. The van der Waals surface area contributed by atoms with Gasteiger partial charge in [0, 0.05) is 12.4 Å². The van der Waals surface area contributed by atoms with E-state index in [4.69, 9.17) is 20.4 Å². The Morgan fingerprint density at radius 1 is 0.857 bits per heavy atom. The van der Waals surface area contributed by atoms with Crippen molar-refractivity contribution >= 4 is 61.6 Å². The second-order valence-corrected chi connectivity index (χ2v) is 2.86. The molecule has 0 amide bonds. The molecule has 0 heterocycles. The van der Waals surface area contributed by atoms with Crippen molar-refractivity contribution in [3.8, 4) is 0 Å². The zero-order valence-electron chi connectivity index (χ0n) is 10.5. The molecule has 0 aromatic carbocycles. The van der Waals surface area contributed by atoms with E-state index < -0.39 is 48.9 Å². The molecule has 0 aliphatic heterocycles. The summed E-state index contributed by atoms with van der Waals surface area (Å²) in [6.45, 7) is 0. The summed E-state index contributed by atoms with van der Waals surface area (Å²) in [5.74, 6) is -6.27. The van der Waals surface area contributed by atoms with Crippen molar-refractivity contribution in [2.45, 2.75) is 25.0 Å². The van der Waals surface area contributed by atoms with Gasteiger partial charge in [0.25, 0.3) is 0 Å². The van der Waals surface area contributed by atoms with Crippen molar-refractivity contribution < 1.29 is 60.8 Å². The van der Waals surface area contributed by atoms with Gasteiger partial charge in [0.15, 0.2) is 6.10 Å². The molecule has 0 aliphatic rings. The first-order valence-electron chi connectivity index (χ1n) is 4.29. The molecule has 0 radical (unpaired) electrons. The fourth-order valence-electron chi connectivity index (χ4n) is 0.494. The SMILES string of the molecule is O.O.O=C(O)C[C@H](O)C(=O)[O-].O=C([O-])C[C@H](O)C(=O)O.[Ca+2]. The van der Waals surface area contributed by atoms with Crippen LogP contribution in [0.2, 0.25) is 0 Å². The standard InChI is InChI=1S/2C4H6O5.Ca.2H2O/c2*5-2(4(8)9)1-3(6)7;;;/h2*2,5H,1H2,(H,6,7)(H,8,9);;2*1H2/q;;+2;;/p-2/t2*2-;;;/m00.../s1. The predicted molar refractivity (Wildman–Crippen MR) is 59.5 cm³/mol. The number of hydrogen-bond acceptors (Lipinski definition) is 8. The predicted octanol–water partition coefficient (Wildman–Crippen LogP) is -6.89. The van der Waals surface area contributed by atoms with Gasteiger partial charge in [0.1, 0.15) is 6.10 Å². The van der Waals surface area contributed by atoms with Crippen LogP contribution in [0.1, 0.15) is 12.8 Å². The molecule has 0 saturated heterocycles. The molecular formula is C8H14CaO12. The van der Waals surface area contributed by atoms with Crippen LogP contribution in [0.25, 0.3) is 0 Å². The number of aliphatic hydroxyl groups excluding tert-OH is 2. The first kappa shape index (κ1) is 32.1. The fraction of sp³-hybridized carbons (Fsp3) is 0.500. The van der Waals surface area contributed by atoms with Gasteiger partial charge in [-0.25, -0.2) is 4.79 Å². The van der Waals surface area contributed by atoms with Gasteiger partial charge >= 0.3 is 49.7 Å². The van der Waals surface area contributed by atoms with Crippen LogP contribution in [-0.4, -0.2) is 105 Å². The van der Waals surface area contributed by atoms with Gasteiger partial charge in [-0.2, -0.15) is 0 Å². The zero-order chi connectivity index (χ0) is 14.9. The Morgan fingerprint density at radius 3 is 1.33 bits per heavy atom. The van der Waals surface area contributed by atoms with Gasteiger partial charge in [-0.3, -0.25) is 4.79 Å². The molecule has 0 unspecified atom stereocenters. The maximum atomic E-state index is 9.69. The summed E-state index contributed by atoms with van der Waals surface area (Å²) in [7, 11) is 0. The molecule has 0 bridgehead atoms. The maximum Gasteiger partial charge on any atom is 2.00 e. The number of aliphatic carboxylic acids is 4. The minimum absolute atomic E-state index is 0. The minimum atomic E-state index is -1.90. The molecule has 8 N–H and O–H groups in total. The van der Waals surface area contributed by atoms with Crippen molar-refractivity contribution in [3.63, 3.8) is 0 Å². The number of aliphatic hydroxyl groups is 2. The molecule has 0 saturated carbocycles. The van der Waals surface area contributed by atoms with Crippen molar-refractivity contribution in [3.05, 3.63) is 0 Å². The Kier molecular flexibility index (Phi) is 26.0. The van der Waals surface area contributed by atoms with Crippen LogP contribution < -0.4 is 10.2 Å². The molecule has 0 rings (SSSR count). The van der Waals surface area contributed by atoms with E-state index >= 15 is 0 Å². The molecule has 0 spiro atoms. The molecule has 0 fully saturated rings. The van der Waals surface area contributed by atoms with E-state index in [0.29, 0.717) is 0 Å². The number of carboxylic acids is 4. The number of carbonyl (C=O) groups is 4. The van der Waals surface area contributed by atoms with Crippen LogP contribution >= 0.6 is 0 Å². The molecule has 0 aromatic heterocycles. The van der Waals surface area contributed by atoms with Gasteiger partial charge in [0.2, 0.25) is 0 Å². The second-order valence-electron chi connectivity index (χ2n) is 2.86. The van der Waals surface area contributed by atoms with Gasteiger partial charge in [0.05, 0.1) is 12.4 Å². The van der Waals surface area contributed by atoms with Crippen molar-refractivity contribution in [2.24, 2.45) is 0 Å². The quantitative estimate of drug-likeness (QED) is 0.331. The Balaban J connectivity index is -0.0000000711. The normalized spacial score (nSPS) is 10.8. The molecule has 0 aliphatic carbocycles. The molecule has 21 heavy (non-hydrogen) atoms. The molecule has 12 nitrogen and oxygen atoms in total. The van der Waals surface area contributed by atoms with E-state index in [2.05, 4.69) is 0 Å². The van der Waals surface area contributed by atoms with Crippen molar-refractivity contribution in [1.82, 2.24) is 0 Å². The van der Waals surface area contributed by atoms with E-state index in [1.54, 1.807) is 0 Å². The fourth-order valence-corrected chi connectivity index (χ4v) is 0.494. The summed E-state index contributed by atoms with van der Waals surface area (Å²) in [4.78, 5) is 38.5. The number of carbonyl (C=O) groups excluding carboxylic acids is 2. The van der Waals surface area contributed by atoms with E-state index in [1.165, 1.54) is 0 Å².